The number of aromatic nitrogens is 1. The van der Waals surface area contributed by atoms with Gasteiger partial charge >= 0.3 is 6.03 Å². The van der Waals surface area contributed by atoms with Crippen LogP contribution in [0.15, 0.2) is 36.4 Å². The number of fused-ring (bicyclic) bond motifs is 4. The van der Waals surface area contributed by atoms with E-state index in [1.807, 2.05) is 11.8 Å². The predicted octanol–water partition coefficient (Wildman–Crippen LogP) is 3.65. The summed E-state index contributed by atoms with van der Waals surface area (Å²) in [7, 11) is 0. The Morgan fingerprint density at radius 1 is 1.25 bits per heavy atom. The number of halogens is 2. The molecule has 0 bridgehead atoms. The number of nitrogens with zero attached hydrogens (tertiary/aromatic N) is 3. The van der Waals surface area contributed by atoms with E-state index in [0.29, 0.717) is 41.8 Å². The first-order chi connectivity index (χ1) is 17.2. The summed E-state index contributed by atoms with van der Waals surface area (Å²) in [5.41, 5.74) is 1.41. The predicted molar refractivity (Wildman–Crippen MR) is 133 cm³/mol. The van der Waals surface area contributed by atoms with Crippen LogP contribution in [0, 0.1) is 5.82 Å². The number of aromatic hydroxyl groups is 1. The van der Waals surface area contributed by atoms with Gasteiger partial charge in [0.25, 0.3) is 5.91 Å². The number of amides is 3. The first-order valence-electron chi connectivity index (χ1n) is 12.0. The average molecular weight is 515 g/mol. The maximum atomic E-state index is 14.3. The van der Waals surface area contributed by atoms with E-state index < -0.39 is 23.4 Å². The Bertz CT molecular complexity index is 1360. The summed E-state index contributed by atoms with van der Waals surface area (Å²) in [6.07, 6.45) is 0.231. The number of phenolic OH excluding ortho intramolecular Hbond substituents is 1. The average Bonchev–Trinajstić information content (AvgIpc) is 3.27. The molecule has 2 unspecified atom stereocenters. The molecule has 10 heteroatoms. The smallest absolute Gasteiger partial charge is 0.328 e. The molecule has 8 nitrogen and oxygen atoms in total. The molecule has 5 rings (SSSR count). The van der Waals surface area contributed by atoms with Crippen LogP contribution in [0.4, 0.5) is 9.18 Å². The molecule has 36 heavy (non-hydrogen) atoms. The van der Waals surface area contributed by atoms with Crippen molar-refractivity contribution in [1.29, 1.82) is 0 Å². The van der Waals surface area contributed by atoms with Gasteiger partial charge in [-0.05, 0) is 48.9 Å². The van der Waals surface area contributed by atoms with Crippen molar-refractivity contribution in [1.82, 2.24) is 19.7 Å². The molecule has 0 radical (unpaired) electrons. The fraction of sp³-hybridized carbons (Fsp3) is 0.385. The molecule has 1 fully saturated rings. The van der Waals surface area contributed by atoms with E-state index in [4.69, 9.17) is 11.6 Å². The first-order valence-corrected chi connectivity index (χ1v) is 12.3. The quantitative estimate of drug-likeness (QED) is 0.418. The van der Waals surface area contributed by atoms with Gasteiger partial charge < -0.3 is 15.2 Å². The number of urea groups is 1. The van der Waals surface area contributed by atoms with Gasteiger partial charge in [-0.2, -0.15) is 0 Å². The zero-order valence-corrected chi connectivity index (χ0v) is 20.8. The Morgan fingerprint density at radius 2 is 2.03 bits per heavy atom. The van der Waals surface area contributed by atoms with E-state index in [1.165, 1.54) is 17.0 Å². The number of carbonyl (C=O) groups is 2. The van der Waals surface area contributed by atoms with Crippen molar-refractivity contribution in [2.45, 2.75) is 31.8 Å². The molecular formula is C26H28ClFN4O4. The number of hydrogen-bond acceptors (Lipinski definition) is 5. The molecule has 3 amide bonds. The highest BCUT2D eigenvalue weighted by atomic mass is 35.5. The molecule has 2 aliphatic heterocycles. The van der Waals surface area contributed by atoms with Crippen LogP contribution in [0.25, 0.3) is 10.9 Å². The number of rotatable bonds is 7. The fourth-order valence-electron chi connectivity index (χ4n) is 5.56. The van der Waals surface area contributed by atoms with Gasteiger partial charge in [-0.1, -0.05) is 30.7 Å². The minimum atomic E-state index is -1.19. The molecule has 2 aromatic carbocycles. The molecule has 3 aromatic rings. The molecule has 0 spiro atoms. The molecule has 0 aliphatic carbocycles. The van der Waals surface area contributed by atoms with E-state index in [9.17, 15) is 24.2 Å². The summed E-state index contributed by atoms with van der Waals surface area (Å²) in [5, 5.41) is 20.2. The second kappa shape index (κ2) is 9.06. The number of hydrogen-bond donors (Lipinski definition) is 3. The van der Waals surface area contributed by atoms with Gasteiger partial charge in [-0.3, -0.25) is 19.5 Å². The number of aromatic amines is 1. The highest BCUT2D eigenvalue weighted by molar-refractivity contribution is 6.31. The number of carbonyl (C=O) groups excluding carboxylic acids is 2. The van der Waals surface area contributed by atoms with Crippen molar-refractivity contribution >= 4 is 34.4 Å². The number of aliphatic hydroxyl groups is 1. The number of benzene rings is 2. The van der Waals surface area contributed by atoms with Crippen LogP contribution in [0.5, 0.6) is 5.75 Å². The number of phenols is 1. The molecule has 0 saturated carbocycles. The Hall–Kier alpha value is -3.14. The van der Waals surface area contributed by atoms with Gasteiger partial charge in [-0.25, -0.2) is 9.18 Å². The van der Waals surface area contributed by atoms with Crippen LogP contribution >= 0.6 is 11.6 Å². The van der Waals surface area contributed by atoms with Crippen LogP contribution in [-0.2, 0) is 11.2 Å². The zero-order valence-electron chi connectivity index (χ0n) is 20.1. The summed E-state index contributed by atoms with van der Waals surface area (Å²) in [6, 6.07) is 8.32. The van der Waals surface area contributed by atoms with E-state index in [2.05, 4.69) is 4.98 Å². The topological polar surface area (TPSA) is 100 Å². The van der Waals surface area contributed by atoms with Crippen LogP contribution in [0.2, 0.25) is 5.02 Å². The molecule has 2 atom stereocenters. The van der Waals surface area contributed by atoms with Crippen LogP contribution < -0.4 is 0 Å². The summed E-state index contributed by atoms with van der Waals surface area (Å²) in [6.45, 7) is 5.46. The number of aliphatic hydroxyl groups excluding tert-OH is 1. The first kappa shape index (κ1) is 24.5. The van der Waals surface area contributed by atoms with Gasteiger partial charge in [0, 0.05) is 42.7 Å². The highest BCUT2D eigenvalue weighted by Gasteiger charge is 2.60. The lowest BCUT2D eigenvalue weighted by atomic mass is 9.81. The van der Waals surface area contributed by atoms with E-state index >= 15 is 0 Å². The second-order valence-corrected chi connectivity index (χ2v) is 9.95. The molecule has 1 saturated heterocycles. The summed E-state index contributed by atoms with van der Waals surface area (Å²) in [5.74, 6) is -0.847. The van der Waals surface area contributed by atoms with Crippen molar-refractivity contribution in [3.63, 3.8) is 0 Å². The molecule has 2 aliphatic rings. The summed E-state index contributed by atoms with van der Waals surface area (Å²) >= 11 is 6.11. The van der Waals surface area contributed by atoms with E-state index in [-0.39, 0.29) is 36.3 Å². The monoisotopic (exact) mass is 514 g/mol. The third kappa shape index (κ3) is 3.73. The van der Waals surface area contributed by atoms with E-state index in [0.717, 1.165) is 5.56 Å². The molecule has 1 aromatic heterocycles. The number of imide groups is 1. The normalized spacial score (nSPS) is 21.6. The number of likely N-dealkylation sites (N-methyl/N-ethyl adjacent to an activating group) is 1. The highest BCUT2D eigenvalue weighted by Crippen LogP contribution is 2.49. The number of nitrogens with one attached hydrogen (secondary N) is 1. The van der Waals surface area contributed by atoms with Gasteiger partial charge in [0.1, 0.15) is 23.1 Å². The molecule has 3 heterocycles. The zero-order chi connectivity index (χ0) is 25.8. The SMILES string of the molecule is CCN(CCO)CCN1C(=O)N2C(c3cccc(O)c3)c3[nH]c4cc(F)c(Cl)cc4c3CC2(C)C1=O. The summed E-state index contributed by atoms with van der Waals surface area (Å²) in [4.78, 5) is 35.7. The molecular weight excluding hydrogens is 487 g/mol. The maximum Gasteiger partial charge on any atom is 0.328 e. The fourth-order valence-corrected chi connectivity index (χ4v) is 5.72. The maximum absolute atomic E-state index is 14.3. The lowest BCUT2D eigenvalue weighted by molar-refractivity contribution is -0.133. The van der Waals surface area contributed by atoms with Crippen molar-refractivity contribution < 1.29 is 24.2 Å². The van der Waals surface area contributed by atoms with Gasteiger partial charge in [0.15, 0.2) is 0 Å². The minimum absolute atomic E-state index is 0.00990. The third-order valence-electron chi connectivity index (χ3n) is 7.40. The minimum Gasteiger partial charge on any atom is -0.508 e. The van der Waals surface area contributed by atoms with Crippen molar-refractivity contribution in [3.05, 3.63) is 64.1 Å². The van der Waals surface area contributed by atoms with E-state index in [1.54, 1.807) is 36.1 Å². The Kier molecular flexibility index (Phi) is 6.18. The second-order valence-electron chi connectivity index (χ2n) is 9.54. The lowest BCUT2D eigenvalue weighted by Crippen LogP contribution is -2.53. The Morgan fingerprint density at radius 3 is 2.72 bits per heavy atom. The van der Waals surface area contributed by atoms with Crippen molar-refractivity contribution in [2.24, 2.45) is 0 Å². The van der Waals surface area contributed by atoms with Crippen molar-refractivity contribution in [3.8, 4) is 5.75 Å². The molecule has 190 valence electrons. The van der Waals surface area contributed by atoms with Gasteiger partial charge in [0.2, 0.25) is 0 Å². The van der Waals surface area contributed by atoms with Crippen LogP contribution in [-0.4, -0.2) is 80.2 Å². The van der Waals surface area contributed by atoms with Crippen molar-refractivity contribution in [2.75, 3.05) is 32.8 Å². The molecule has 3 N–H and O–H groups in total. The summed E-state index contributed by atoms with van der Waals surface area (Å²) < 4.78 is 14.3. The largest absolute Gasteiger partial charge is 0.508 e. The van der Waals surface area contributed by atoms with Gasteiger partial charge in [-0.15, -0.1) is 0 Å². The third-order valence-corrected chi connectivity index (χ3v) is 7.69. The Labute approximate surface area is 212 Å². The lowest BCUT2D eigenvalue weighted by Gasteiger charge is -2.42. The standard InChI is InChI=1S/C26H28ClFN4O4/c1-3-30(9-10-33)7-8-31-24(35)26(2)14-18-17-12-19(27)20(28)13-21(17)29-22(18)23(32(26)25(31)36)15-5-4-6-16(34)11-15/h4-6,11-13,23,29,33-34H,3,7-10,14H2,1-2H3. The van der Waals surface area contributed by atoms with Crippen LogP contribution in [0.3, 0.4) is 0 Å². The Balaban J connectivity index is 1.63. The van der Waals surface area contributed by atoms with Gasteiger partial charge in [0.05, 0.1) is 11.6 Å². The number of H-pyrrole nitrogens is 1. The van der Waals surface area contributed by atoms with Crippen LogP contribution in [0.1, 0.15) is 36.7 Å².